The van der Waals surface area contributed by atoms with Gasteiger partial charge in [-0.25, -0.2) is 13.1 Å². The number of rotatable bonds is 9. The molecule has 1 saturated heterocycles. The quantitative estimate of drug-likeness (QED) is 0.462. The Kier molecular flexibility index (Phi) is 7.72. The van der Waals surface area contributed by atoms with Crippen molar-refractivity contribution in [1.29, 1.82) is 0 Å². The van der Waals surface area contributed by atoms with E-state index in [1.807, 2.05) is 30.3 Å². The van der Waals surface area contributed by atoms with E-state index in [2.05, 4.69) is 4.72 Å². The van der Waals surface area contributed by atoms with Gasteiger partial charge in [-0.2, -0.15) is 0 Å². The number of benzene rings is 2. The van der Waals surface area contributed by atoms with E-state index in [1.54, 1.807) is 30.0 Å². The number of hydrogen-bond donors (Lipinski definition) is 2. The number of sulfonamides is 1. The fourth-order valence-electron chi connectivity index (χ4n) is 5.45. The standard InChI is InChI=1S/C26H30Cl2N2O5S/c1-26(14-23(31)32)13-21(18-4-3-5-20(28)12-18)24(17-8-10-19(27)11-9-17)30(25(26)33)22(16-6-7-16)15-29-36(2,34)35/h3-5,8-12,16,21-22,24,29H,6-7,13-15H2,1-2H3,(H,31,32)/t21-,22?,24?,26-/m1/s1. The Balaban J connectivity index is 1.89. The number of likely N-dealkylation sites (tertiary alicyclic amines) is 1. The lowest BCUT2D eigenvalue weighted by atomic mass is 9.67. The number of amides is 1. The third kappa shape index (κ3) is 6.05. The molecular formula is C26H30Cl2N2O5S. The highest BCUT2D eigenvalue weighted by Crippen LogP contribution is 2.53. The third-order valence-electron chi connectivity index (χ3n) is 7.21. The Morgan fingerprint density at radius 3 is 2.36 bits per heavy atom. The molecule has 4 atom stereocenters. The van der Waals surface area contributed by atoms with Crippen molar-refractivity contribution in [3.05, 3.63) is 69.7 Å². The molecule has 2 unspecified atom stereocenters. The largest absolute Gasteiger partial charge is 0.481 e. The van der Waals surface area contributed by atoms with Crippen LogP contribution in [0.2, 0.25) is 10.0 Å². The summed E-state index contributed by atoms with van der Waals surface area (Å²) < 4.78 is 26.6. The summed E-state index contributed by atoms with van der Waals surface area (Å²) in [5, 5.41) is 10.8. The first-order valence-electron chi connectivity index (χ1n) is 11.9. The van der Waals surface area contributed by atoms with Crippen LogP contribution in [0.15, 0.2) is 48.5 Å². The molecule has 2 fully saturated rings. The van der Waals surface area contributed by atoms with Crippen molar-refractivity contribution in [3.63, 3.8) is 0 Å². The molecule has 0 spiro atoms. The highest BCUT2D eigenvalue weighted by Gasteiger charge is 2.54. The number of halogens is 2. The van der Waals surface area contributed by atoms with Crippen molar-refractivity contribution in [3.8, 4) is 0 Å². The van der Waals surface area contributed by atoms with Crippen LogP contribution in [-0.4, -0.2) is 49.1 Å². The maximum absolute atomic E-state index is 14.2. The van der Waals surface area contributed by atoms with E-state index in [0.29, 0.717) is 16.5 Å². The normalized spacial score (nSPS) is 25.6. The van der Waals surface area contributed by atoms with Crippen molar-refractivity contribution < 1.29 is 23.1 Å². The minimum Gasteiger partial charge on any atom is -0.481 e. The number of carbonyl (C=O) groups excluding carboxylic acids is 1. The van der Waals surface area contributed by atoms with Crippen LogP contribution in [-0.2, 0) is 19.6 Å². The minimum absolute atomic E-state index is 0.0603. The summed E-state index contributed by atoms with van der Waals surface area (Å²) in [6, 6.07) is 13.8. The lowest BCUT2D eigenvalue weighted by molar-refractivity contribution is -0.161. The Morgan fingerprint density at radius 2 is 1.81 bits per heavy atom. The summed E-state index contributed by atoms with van der Waals surface area (Å²) in [6.07, 6.45) is 2.80. The summed E-state index contributed by atoms with van der Waals surface area (Å²) in [5.74, 6) is -1.50. The Bertz CT molecular complexity index is 1250. The zero-order valence-electron chi connectivity index (χ0n) is 20.2. The van der Waals surface area contributed by atoms with E-state index < -0.39 is 33.5 Å². The molecule has 10 heteroatoms. The Labute approximate surface area is 221 Å². The second-order valence-electron chi connectivity index (χ2n) is 10.2. The molecule has 0 aromatic heterocycles. The predicted octanol–water partition coefficient (Wildman–Crippen LogP) is 4.86. The first-order chi connectivity index (χ1) is 16.9. The number of hydrogen-bond acceptors (Lipinski definition) is 4. The molecule has 0 bridgehead atoms. The fraction of sp³-hybridized carbons (Fsp3) is 0.462. The van der Waals surface area contributed by atoms with Crippen LogP contribution in [0, 0.1) is 11.3 Å². The zero-order valence-corrected chi connectivity index (χ0v) is 22.5. The third-order valence-corrected chi connectivity index (χ3v) is 8.39. The monoisotopic (exact) mass is 552 g/mol. The van der Waals surface area contributed by atoms with Gasteiger partial charge in [0.25, 0.3) is 0 Å². The minimum atomic E-state index is -3.50. The average molecular weight is 554 g/mol. The summed E-state index contributed by atoms with van der Waals surface area (Å²) in [6.45, 7) is 1.75. The Morgan fingerprint density at radius 1 is 1.14 bits per heavy atom. The molecule has 2 N–H and O–H groups in total. The number of carboxylic acid groups (broad SMARTS) is 1. The summed E-state index contributed by atoms with van der Waals surface area (Å²) in [4.78, 5) is 27.9. The smallest absolute Gasteiger partial charge is 0.304 e. The van der Waals surface area contributed by atoms with Gasteiger partial charge < -0.3 is 10.0 Å². The fourth-order valence-corrected chi connectivity index (χ4v) is 6.25. The van der Waals surface area contributed by atoms with E-state index in [1.165, 1.54) is 0 Å². The second kappa shape index (κ2) is 10.3. The molecular weight excluding hydrogens is 523 g/mol. The number of nitrogens with one attached hydrogen (secondary N) is 1. The van der Waals surface area contributed by atoms with Gasteiger partial charge in [-0.05, 0) is 60.6 Å². The average Bonchev–Trinajstić information content (AvgIpc) is 3.61. The SMILES string of the molecule is C[C@]1(CC(=O)O)C[C@H](c2cccc(Cl)c2)C(c2ccc(Cl)cc2)N(C(CNS(C)(=O)=O)C2CC2)C1=O. The van der Waals surface area contributed by atoms with Crippen molar-refractivity contribution in [2.45, 2.75) is 50.6 Å². The first-order valence-corrected chi connectivity index (χ1v) is 14.5. The number of piperidine rings is 1. The molecule has 2 aromatic rings. The zero-order chi connectivity index (χ0) is 26.3. The molecule has 7 nitrogen and oxygen atoms in total. The molecule has 2 aromatic carbocycles. The molecule has 1 aliphatic carbocycles. The predicted molar refractivity (Wildman–Crippen MR) is 140 cm³/mol. The van der Waals surface area contributed by atoms with E-state index in [0.717, 1.165) is 30.2 Å². The van der Waals surface area contributed by atoms with Gasteiger partial charge in [0.1, 0.15) is 0 Å². The summed E-state index contributed by atoms with van der Waals surface area (Å²) in [5.41, 5.74) is 0.558. The van der Waals surface area contributed by atoms with Crippen LogP contribution < -0.4 is 4.72 Å². The molecule has 1 saturated carbocycles. The van der Waals surface area contributed by atoms with Crippen molar-refractivity contribution in [1.82, 2.24) is 9.62 Å². The second-order valence-corrected chi connectivity index (χ2v) is 12.9. The number of carboxylic acids is 1. The molecule has 4 rings (SSSR count). The van der Waals surface area contributed by atoms with E-state index in [-0.39, 0.29) is 30.7 Å². The van der Waals surface area contributed by atoms with Gasteiger partial charge in [0, 0.05) is 28.5 Å². The van der Waals surface area contributed by atoms with Gasteiger partial charge in [0.2, 0.25) is 15.9 Å². The maximum atomic E-state index is 14.2. The molecule has 1 amide bonds. The van der Waals surface area contributed by atoms with E-state index >= 15 is 0 Å². The molecule has 0 radical (unpaired) electrons. The van der Waals surface area contributed by atoms with E-state index in [9.17, 15) is 23.1 Å². The van der Waals surface area contributed by atoms with Gasteiger partial charge in [-0.1, -0.05) is 54.4 Å². The molecule has 2 aliphatic rings. The molecule has 36 heavy (non-hydrogen) atoms. The van der Waals surface area contributed by atoms with Crippen molar-refractivity contribution in [2.24, 2.45) is 11.3 Å². The van der Waals surface area contributed by atoms with Crippen LogP contribution >= 0.6 is 23.2 Å². The summed E-state index contributed by atoms with van der Waals surface area (Å²) >= 11 is 12.5. The maximum Gasteiger partial charge on any atom is 0.304 e. The molecule has 1 heterocycles. The van der Waals surface area contributed by atoms with Crippen LogP contribution in [0.5, 0.6) is 0 Å². The lowest BCUT2D eigenvalue weighted by Crippen LogP contribution is -2.59. The molecule has 194 valence electrons. The topological polar surface area (TPSA) is 104 Å². The van der Waals surface area contributed by atoms with Crippen LogP contribution in [0.1, 0.15) is 55.7 Å². The molecule has 1 aliphatic heterocycles. The van der Waals surface area contributed by atoms with Crippen LogP contribution in [0.4, 0.5) is 0 Å². The highest BCUT2D eigenvalue weighted by atomic mass is 35.5. The van der Waals surface area contributed by atoms with Crippen molar-refractivity contribution in [2.75, 3.05) is 12.8 Å². The number of aliphatic carboxylic acids is 1. The lowest BCUT2D eigenvalue weighted by Gasteiger charge is -2.52. The van der Waals surface area contributed by atoms with Gasteiger partial charge in [0.05, 0.1) is 24.1 Å². The first kappa shape index (κ1) is 26.9. The van der Waals surface area contributed by atoms with Crippen LogP contribution in [0.25, 0.3) is 0 Å². The van der Waals surface area contributed by atoms with Crippen LogP contribution in [0.3, 0.4) is 0 Å². The Hall–Kier alpha value is -2.13. The number of nitrogens with zero attached hydrogens (tertiary/aromatic N) is 1. The highest BCUT2D eigenvalue weighted by molar-refractivity contribution is 7.88. The van der Waals surface area contributed by atoms with E-state index in [4.69, 9.17) is 23.2 Å². The van der Waals surface area contributed by atoms with Gasteiger partial charge in [-0.3, -0.25) is 9.59 Å². The van der Waals surface area contributed by atoms with Gasteiger partial charge in [0.15, 0.2) is 0 Å². The van der Waals surface area contributed by atoms with Crippen molar-refractivity contribution >= 4 is 45.1 Å². The summed E-state index contributed by atoms with van der Waals surface area (Å²) in [7, 11) is -3.50. The van der Waals surface area contributed by atoms with Gasteiger partial charge in [-0.15, -0.1) is 0 Å². The van der Waals surface area contributed by atoms with Gasteiger partial charge >= 0.3 is 5.97 Å². The number of carbonyl (C=O) groups is 2.